The number of nitrogens with one attached hydrogen (secondary N) is 1. The molecule has 18 heavy (non-hydrogen) atoms. The van der Waals surface area contributed by atoms with Crippen molar-refractivity contribution < 1.29 is 9.53 Å². The molecule has 100 valence electrons. The maximum Gasteiger partial charge on any atom is 0.316 e. The molecule has 1 rings (SSSR count). The van der Waals surface area contributed by atoms with E-state index in [-0.39, 0.29) is 6.03 Å². The van der Waals surface area contributed by atoms with Crippen molar-refractivity contribution in [3.8, 4) is 5.75 Å². The number of aryl methyl sites for hydroxylation is 2. The summed E-state index contributed by atoms with van der Waals surface area (Å²) in [6, 6.07) is 4.11. The highest BCUT2D eigenvalue weighted by Gasteiger charge is 2.09. The maximum atomic E-state index is 11.4. The monoisotopic (exact) mass is 250 g/mol. The third kappa shape index (κ3) is 3.39. The minimum absolute atomic E-state index is 0.0715. The largest absolute Gasteiger partial charge is 0.496 e. The number of benzene rings is 1. The average molecular weight is 250 g/mol. The Bertz CT molecular complexity index is 430. The van der Waals surface area contributed by atoms with Crippen molar-refractivity contribution >= 4 is 6.03 Å². The molecule has 1 aromatic rings. The first-order chi connectivity index (χ1) is 8.49. The Balaban J connectivity index is 2.78. The second kappa shape index (κ2) is 6.28. The number of urea groups is 1. The van der Waals surface area contributed by atoms with E-state index in [0.717, 1.165) is 17.7 Å². The van der Waals surface area contributed by atoms with E-state index in [4.69, 9.17) is 4.74 Å². The standard InChI is InChI=1S/C14H22N2O2/c1-10-8-12(13(18-5)9-11(10)2)6-7-16(4)14(17)15-3/h8-9H,6-7H2,1-5H3,(H,15,17). The van der Waals surface area contributed by atoms with Crippen LogP contribution in [0, 0.1) is 13.8 Å². The number of rotatable bonds is 4. The number of hydrogen-bond donors (Lipinski definition) is 1. The van der Waals surface area contributed by atoms with Crippen LogP contribution in [0.1, 0.15) is 16.7 Å². The van der Waals surface area contributed by atoms with Crippen molar-refractivity contribution in [1.29, 1.82) is 0 Å². The van der Waals surface area contributed by atoms with E-state index in [2.05, 4.69) is 25.2 Å². The highest BCUT2D eigenvalue weighted by molar-refractivity contribution is 5.73. The van der Waals surface area contributed by atoms with Gasteiger partial charge in [-0.1, -0.05) is 6.07 Å². The number of amides is 2. The van der Waals surface area contributed by atoms with Gasteiger partial charge in [-0.2, -0.15) is 0 Å². The van der Waals surface area contributed by atoms with Crippen LogP contribution in [0.25, 0.3) is 0 Å². The van der Waals surface area contributed by atoms with Gasteiger partial charge in [-0.15, -0.1) is 0 Å². The second-order valence-corrected chi connectivity index (χ2v) is 4.48. The van der Waals surface area contributed by atoms with Gasteiger partial charge in [-0.05, 0) is 43.0 Å². The molecule has 0 saturated carbocycles. The summed E-state index contributed by atoms with van der Waals surface area (Å²) >= 11 is 0. The van der Waals surface area contributed by atoms with Crippen molar-refractivity contribution in [3.05, 3.63) is 28.8 Å². The molecule has 1 aromatic carbocycles. The van der Waals surface area contributed by atoms with Crippen LogP contribution >= 0.6 is 0 Å². The molecule has 4 heteroatoms. The van der Waals surface area contributed by atoms with E-state index in [0.29, 0.717) is 6.54 Å². The zero-order chi connectivity index (χ0) is 13.7. The number of methoxy groups -OCH3 is 1. The van der Waals surface area contributed by atoms with Gasteiger partial charge in [0.25, 0.3) is 0 Å². The van der Waals surface area contributed by atoms with Gasteiger partial charge in [0.05, 0.1) is 7.11 Å². The highest BCUT2D eigenvalue weighted by Crippen LogP contribution is 2.23. The van der Waals surface area contributed by atoms with E-state index in [1.807, 2.05) is 6.07 Å². The van der Waals surface area contributed by atoms with Crippen LogP contribution in [0.3, 0.4) is 0 Å². The molecule has 4 nitrogen and oxygen atoms in total. The zero-order valence-electron chi connectivity index (χ0n) is 11.8. The molecule has 0 aromatic heterocycles. The number of likely N-dealkylation sites (N-methyl/N-ethyl adjacent to an activating group) is 1. The normalized spacial score (nSPS) is 10.1. The number of carbonyl (C=O) groups is 1. The molecule has 0 radical (unpaired) electrons. The summed E-state index contributed by atoms with van der Waals surface area (Å²) in [6.45, 7) is 4.82. The van der Waals surface area contributed by atoms with Crippen molar-refractivity contribution in [2.24, 2.45) is 0 Å². The Hall–Kier alpha value is -1.71. The van der Waals surface area contributed by atoms with Crippen LogP contribution in [-0.2, 0) is 6.42 Å². The number of ether oxygens (including phenoxy) is 1. The molecular weight excluding hydrogens is 228 g/mol. The van der Waals surface area contributed by atoms with Gasteiger partial charge in [0.1, 0.15) is 5.75 Å². The van der Waals surface area contributed by atoms with Crippen LogP contribution in [0.2, 0.25) is 0 Å². The molecule has 0 aliphatic heterocycles. The molecule has 0 fully saturated rings. The molecule has 0 aliphatic rings. The Labute approximate surface area is 109 Å². The Morgan fingerprint density at radius 3 is 2.50 bits per heavy atom. The Morgan fingerprint density at radius 2 is 1.94 bits per heavy atom. The second-order valence-electron chi connectivity index (χ2n) is 4.48. The molecule has 0 heterocycles. The lowest BCUT2D eigenvalue weighted by Crippen LogP contribution is -2.36. The van der Waals surface area contributed by atoms with E-state index < -0.39 is 0 Å². The maximum absolute atomic E-state index is 11.4. The van der Waals surface area contributed by atoms with Crippen LogP contribution in [0.4, 0.5) is 4.79 Å². The smallest absolute Gasteiger partial charge is 0.316 e. The van der Waals surface area contributed by atoms with Gasteiger partial charge >= 0.3 is 6.03 Å². The van der Waals surface area contributed by atoms with Crippen LogP contribution in [-0.4, -0.2) is 38.7 Å². The Kier molecular flexibility index (Phi) is 5.01. The first-order valence-electron chi connectivity index (χ1n) is 6.06. The van der Waals surface area contributed by atoms with Gasteiger partial charge in [-0.3, -0.25) is 0 Å². The average Bonchev–Trinajstić information content (AvgIpc) is 2.38. The summed E-state index contributed by atoms with van der Waals surface area (Å²) in [5.74, 6) is 0.892. The lowest BCUT2D eigenvalue weighted by Gasteiger charge is -2.18. The molecule has 0 spiro atoms. The van der Waals surface area contributed by atoms with Gasteiger partial charge in [0.15, 0.2) is 0 Å². The topological polar surface area (TPSA) is 41.6 Å². The predicted molar refractivity (Wildman–Crippen MR) is 73.3 cm³/mol. The van der Waals surface area contributed by atoms with Crippen molar-refractivity contribution in [2.45, 2.75) is 20.3 Å². The summed E-state index contributed by atoms with van der Waals surface area (Å²) in [5, 5.41) is 2.61. The minimum atomic E-state index is -0.0715. The predicted octanol–water partition coefficient (Wildman–Crippen LogP) is 2.13. The summed E-state index contributed by atoms with van der Waals surface area (Å²) in [4.78, 5) is 13.1. The zero-order valence-corrected chi connectivity index (χ0v) is 11.8. The van der Waals surface area contributed by atoms with Gasteiger partial charge < -0.3 is 15.0 Å². The fraction of sp³-hybridized carbons (Fsp3) is 0.500. The first-order valence-corrected chi connectivity index (χ1v) is 6.06. The first kappa shape index (κ1) is 14.4. The van der Waals surface area contributed by atoms with Crippen molar-refractivity contribution in [2.75, 3.05) is 27.7 Å². The van der Waals surface area contributed by atoms with Crippen molar-refractivity contribution in [3.63, 3.8) is 0 Å². The Morgan fingerprint density at radius 1 is 1.33 bits per heavy atom. The number of hydrogen-bond acceptors (Lipinski definition) is 2. The van der Waals surface area contributed by atoms with E-state index in [1.54, 1.807) is 26.1 Å². The minimum Gasteiger partial charge on any atom is -0.496 e. The SMILES string of the molecule is CNC(=O)N(C)CCc1cc(C)c(C)cc1OC. The summed E-state index contributed by atoms with van der Waals surface area (Å²) in [7, 11) is 5.10. The fourth-order valence-corrected chi connectivity index (χ4v) is 1.82. The quantitative estimate of drug-likeness (QED) is 0.889. The highest BCUT2D eigenvalue weighted by atomic mass is 16.5. The molecule has 0 saturated heterocycles. The lowest BCUT2D eigenvalue weighted by atomic mass is 10.0. The fourth-order valence-electron chi connectivity index (χ4n) is 1.82. The third-order valence-electron chi connectivity index (χ3n) is 3.17. The van der Waals surface area contributed by atoms with Gasteiger partial charge in [0, 0.05) is 20.6 Å². The molecular formula is C14H22N2O2. The molecule has 0 atom stereocenters. The summed E-state index contributed by atoms with van der Waals surface area (Å²) in [6.07, 6.45) is 0.786. The van der Waals surface area contributed by atoms with Crippen molar-refractivity contribution in [1.82, 2.24) is 10.2 Å². The van der Waals surface area contributed by atoms with Crippen LogP contribution in [0.15, 0.2) is 12.1 Å². The molecule has 0 bridgehead atoms. The van der Waals surface area contributed by atoms with Crippen LogP contribution in [0.5, 0.6) is 5.75 Å². The van der Waals surface area contributed by atoms with E-state index in [1.165, 1.54) is 11.1 Å². The molecule has 0 unspecified atom stereocenters. The van der Waals surface area contributed by atoms with Gasteiger partial charge in [0.2, 0.25) is 0 Å². The van der Waals surface area contributed by atoms with E-state index >= 15 is 0 Å². The van der Waals surface area contributed by atoms with E-state index in [9.17, 15) is 4.79 Å². The molecule has 2 amide bonds. The summed E-state index contributed by atoms with van der Waals surface area (Å²) < 4.78 is 5.38. The summed E-state index contributed by atoms with van der Waals surface area (Å²) in [5.41, 5.74) is 3.60. The molecule has 0 aliphatic carbocycles. The number of nitrogens with zero attached hydrogens (tertiary/aromatic N) is 1. The third-order valence-corrected chi connectivity index (χ3v) is 3.17. The van der Waals surface area contributed by atoms with Gasteiger partial charge in [-0.25, -0.2) is 4.79 Å². The molecule has 1 N–H and O–H groups in total. The van der Waals surface area contributed by atoms with Crippen LogP contribution < -0.4 is 10.1 Å². The lowest BCUT2D eigenvalue weighted by molar-refractivity contribution is 0.211. The number of carbonyl (C=O) groups excluding carboxylic acids is 1.